The minimum Gasteiger partial charge on any atom is -0.387 e. The fraction of sp³-hybridized carbons (Fsp3) is 0.300. The van der Waals surface area contributed by atoms with Crippen molar-refractivity contribution in [2.75, 3.05) is 18.1 Å². The second kappa shape index (κ2) is 3.18. The Labute approximate surface area is 76.6 Å². The standard InChI is InChI=1S/C10H10NO2/c12-7-10(13)11-6-5-8-3-1-2-4-9(8)11/h1,3-4,12H,5-7H2. The van der Waals surface area contributed by atoms with E-state index in [9.17, 15) is 4.79 Å². The summed E-state index contributed by atoms with van der Waals surface area (Å²) in [4.78, 5) is 12.8. The minimum atomic E-state index is -0.422. The highest BCUT2D eigenvalue weighted by atomic mass is 16.3. The van der Waals surface area contributed by atoms with E-state index in [1.54, 1.807) is 11.0 Å². The molecule has 3 nitrogen and oxygen atoms in total. The van der Waals surface area contributed by atoms with Crippen molar-refractivity contribution in [3.8, 4) is 0 Å². The van der Waals surface area contributed by atoms with Crippen LogP contribution in [0, 0.1) is 6.07 Å². The van der Waals surface area contributed by atoms with E-state index in [-0.39, 0.29) is 5.91 Å². The fourth-order valence-corrected chi connectivity index (χ4v) is 1.61. The van der Waals surface area contributed by atoms with Crippen LogP contribution in [0.2, 0.25) is 0 Å². The predicted octanol–water partition coefficient (Wildman–Crippen LogP) is 0.368. The zero-order chi connectivity index (χ0) is 9.26. The number of amides is 1. The van der Waals surface area contributed by atoms with Crippen molar-refractivity contribution in [3.63, 3.8) is 0 Å². The normalized spacial score (nSPS) is 14.4. The molecular weight excluding hydrogens is 166 g/mol. The van der Waals surface area contributed by atoms with Crippen molar-refractivity contribution < 1.29 is 9.90 Å². The zero-order valence-electron chi connectivity index (χ0n) is 7.16. The van der Waals surface area contributed by atoms with Crippen molar-refractivity contribution >= 4 is 11.6 Å². The molecule has 0 unspecified atom stereocenters. The Morgan fingerprint density at radius 3 is 3.31 bits per heavy atom. The fourth-order valence-electron chi connectivity index (χ4n) is 1.61. The number of hydrogen-bond donors (Lipinski definition) is 1. The van der Waals surface area contributed by atoms with Crippen molar-refractivity contribution in [2.24, 2.45) is 0 Å². The minimum absolute atomic E-state index is 0.238. The number of aliphatic hydroxyl groups excluding tert-OH is 1. The van der Waals surface area contributed by atoms with Crippen LogP contribution in [0.15, 0.2) is 18.2 Å². The van der Waals surface area contributed by atoms with E-state index in [1.807, 2.05) is 12.1 Å². The summed E-state index contributed by atoms with van der Waals surface area (Å²) in [6, 6.07) is 8.51. The van der Waals surface area contributed by atoms with Crippen LogP contribution in [0.5, 0.6) is 0 Å². The maximum absolute atomic E-state index is 11.2. The number of nitrogens with zero attached hydrogens (tertiary/aromatic N) is 1. The molecule has 1 amide bonds. The second-order valence-corrected chi connectivity index (χ2v) is 3.01. The molecule has 1 heterocycles. The van der Waals surface area contributed by atoms with Gasteiger partial charge < -0.3 is 10.0 Å². The molecule has 0 aromatic heterocycles. The summed E-state index contributed by atoms with van der Waals surface area (Å²) >= 11 is 0. The van der Waals surface area contributed by atoms with Crippen LogP contribution in [-0.4, -0.2) is 24.2 Å². The molecule has 67 valence electrons. The van der Waals surface area contributed by atoms with Gasteiger partial charge in [-0.25, -0.2) is 0 Å². The summed E-state index contributed by atoms with van der Waals surface area (Å²) in [5.74, 6) is -0.238. The van der Waals surface area contributed by atoms with E-state index in [0.717, 1.165) is 17.7 Å². The van der Waals surface area contributed by atoms with Crippen molar-refractivity contribution in [2.45, 2.75) is 6.42 Å². The first-order valence-corrected chi connectivity index (χ1v) is 4.23. The number of benzene rings is 1. The highest BCUT2D eigenvalue weighted by Crippen LogP contribution is 2.26. The van der Waals surface area contributed by atoms with E-state index >= 15 is 0 Å². The summed E-state index contributed by atoms with van der Waals surface area (Å²) in [5.41, 5.74) is 2.04. The lowest BCUT2D eigenvalue weighted by molar-refractivity contribution is -0.121. The average Bonchev–Trinajstić information content (AvgIpc) is 2.60. The van der Waals surface area contributed by atoms with Gasteiger partial charge in [0.15, 0.2) is 0 Å². The number of rotatable bonds is 1. The average molecular weight is 176 g/mol. The SMILES string of the molecule is O=C(CO)N1CCc2cc[c]cc21. The molecule has 1 radical (unpaired) electrons. The molecule has 1 N–H and O–H groups in total. The van der Waals surface area contributed by atoms with E-state index in [1.165, 1.54) is 0 Å². The van der Waals surface area contributed by atoms with Gasteiger partial charge in [-0.3, -0.25) is 4.79 Å². The van der Waals surface area contributed by atoms with Crippen molar-refractivity contribution in [3.05, 3.63) is 29.8 Å². The molecule has 0 bridgehead atoms. The molecule has 3 heteroatoms. The quantitative estimate of drug-likeness (QED) is 0.671. The van der Waals surface area contributed by atoms with Gasteiger partial charge in [0.05, 0.1) is 0 Å². The largest absolute Gasteiger partial charge is 0.387 e. The number of anilines is 1. The van der Waals surface area contributed by atoms with E-state index in [2.05, 4.69) is 6.07 Å². The number of hydrogen-bond acceptors (Lipinski definition) is 2. The van der Waals surface area contributed by atoms with Gasteiger partial charge in [-0.05, 0) is 24.1 Å². The molecule has 13 heavy (non-hydrogen) atoms. The summed E-state index contributed by atoms with van der Waals surface area (Å²) in [6.45, 7) is 0.251. The lowest BCUT2D eigenvalue weighted by Gasteiger charge is -2.15. The lowest BCUT2D eigenvalue weighted by Crippen LogP contribution is -2.31. The van der Waals surface area contributed by atoms with Crippen LogP contribution >= 0.6 is 0 Å². The van der Waals surface area contributed by atoms with E-state index in [0.29, 0.717) is 6.54 Å². The number of carbonyl (C=O) groups excluding carboxylic acids is 1. The Morgan fingerprint density at radius 1 is 1.69 bits per heavy atom. The molecule has 0 saturated heterocycles. The van der Waals surface area contributed by atoms with Crippen molar-refractivity contribution in [1.82, 2.24) is 0 Å². The van der Waals surface area contributed by atoms with Gasteiger partial charge in [-0.2, -0.15) is 0 Å². The molecule has 2 rings (SSSR count). The molecule has 0 aliphatic carbocycles. The summed E-state index contributed by atoms with van der Waals surface area (Å²) in [6.07, 6.45) is 0.871. The van der Waals surface area contributed by atoms with Gasteiger partial charge in [-0.15, -0.1) is 0 Å². The van der Waals surface area contributed by atoms with E-state index < -0.39 is 6.61 Å². The first kappa shape index (κ1) is 8.26. The van der Waals surface area contributed by atoms with Crippen LogP contribution in [0.4, 0.5) is 5.69 Å². The zero-order valence-corrected chi connectivity index (χ0v) is 7.16. The molecule has 1 aromatic carbocycles. The van der Waals surface area contributed by atoms with Crippen LogP contribution in [0.25, 0.3) is 0 Å². The number of aliphatic hydroxyl groups is 1. The van der Waals surface area contributed by atoms with Crippen LogP contribution < -0.4 is 4.90 Å². The third kappa shape index (κ3) is 1.31. The smallest absolute Gasteiger partial charge is 0.252 e. The molecule has 0 atom stereocenters. The monoisotopic (exact) mass is 176 g/mol. The first-order valence-electron chi connectivity index (χ1n) is 4.23. The van der Waals surface area contributed by atoms with Gasteiger partial charge in [0, 0.05) is 12.2 Å². The Morgan fingerprint density at radius 2 is 2.54 bits per heavy atom. The van der Waals surface area contributed by atoms with Gasteiger partial charge in [0.1, 0.15) is 6.61 Å². The molecular formula is C10H10NO2. The Balaban J connectivity index is 2.33. The summed E-state index contributed by atoms with van der Waals surface area (Å²) < 4.78 is 0. The number of carbonyl (C=O) groups is 1. The lowest BCUT2D eigenvalue weighted by atomic mass is 10.2. The van der Waals surface area contributed by atoms with Crippen LogP contribution in [0.3, 0.4) is 0 Å². The third-order valence-electron chi connectivity index (χ3n) is 2.26. The topological polar surface area (TPSA) is 40.5 Å². The van der Waals surface area contributed by atoms with Crippen LogP contribution in [0.1, 0.15) is 5.56 Å². The molecule has 0 spiro atoms. The highest BCUT2D eigenvalue weighted by Gasteiger charge is 2.22. The van der Waals surface area contributed by atoms with Crippen LogP contribution in [-0.2, 0) is 11.2 Å². The molecule has 0 fully saturated rings. The maximum Gasteiger partial charge on any atom is 0.252 e. The maximum atomic E-state index is 11.2. The van der Waals surface area contributed by atoms with Gasteiger partial charge in [0.2, 0.25) is 0 Å². The van der Waals surface area contributed by atoms with Crippen molar-refractivity contribution in [1.29, 1.82) is 0 Å². The molecule has 0 saturated carbocycles. The first-order chi connectivity index (χ1) is 6.33. The summed E-state index contributed by atoms with van der Waals surface area (Å²) in [5, 5.41) is 8.72. The van der Waals surface area contributed by atoms with E-state index in [4.69, 9.17) is 5.11 Å². The Kier molecular flexibility index (Phi) is 2.02. The third-order valence-corrected chi connectivity index (χ3v) is 2.26. The van der Waals surface area contributed by atoms with Gasteiger partial charge >= 0.3 is 0 Å². The second-order valence-electron chi connectivity index (χ2n) is 3.01. The summed E-state index contributed by atoms with van der Waals surface area (Å²) in [7, 11) is 0. The highest BCUT2D eigenvalue weighted by molar-refractivity contribution is 5.96. The predicted molar refractivity (Wildman–Crippen MR) is 48.4 cm³/mol. The molecule has 1 aliphatic heterocycles. The Bertz CT molecular complexity index is 335. The van der Waals surface area contributed by atoms with Gasteiger partial charge in [0.25, 0.3) is 5.91 Å². The van der Waals surface area contributed by atoms with Gasteiger partial charge in [-0.1, -0.05) is 12.1 Å². The Hall–Kier alpha value is -1.35. The molecule has 1 aromatic rings. The number of fused-ring (bicyclic) bond motifs is 1. The molecule has 1 aliphatic rings.